The fraction of sp³-hybridized carbons (Fsp3) is 0.300. The molecule has 0 saturated heterocycles. The molecule has 0 heterocycles. The minimum absolute atomic E-state index is 0.257. The fourth-order valence-corrected chi connectivity index (χ4v) is 1.38. The molecule has 2 N–H and O–H groups in total. The van der Waals surface area contributed by atoms with Crippen molar-refractivity contribution in [3.8, 4) is 0 Å². The molecule has 2 nitrogen and oxygen atoms in total. The van der Waals surface area contributed by atoms with Crippen molar-refractivity contribution in [1.82, 2.24) is 0 Å². The second-order valence-corrected chi connectivity index (χ2v) is 3.32. The summed E-state index contributed by atoms with van der Waals surface area (Å²) in [6.07, 6.45) is 1.99. The lowest BCUT2D eigenvalue weighted by Gasteiger charge is -2.01. The molecule has 1 rings (SSSR count). The molecule has 70 valence electrons. The van der Waals surface area contributed by atoms with E-state index in [1.165, 1.54) is 0 Å². The summed E-state index contributed by atoms with van der Waals surface area (Å²) in [6.45, 7) is 0. The molecule has 0 bridgehead atoms. The van der Waals surface area contributed by atoms with Gasteiger partial charge in [0.1, 0.15) is 0 Å². The monoisotopic (exact) mass is 197 g/mol. The van der Waals surface area contributed by atoms with Crippen molar-refractivity contribution in [2.24, 2.45) is 5.73 Å². The average Bonchev–Trinajstić information content (AvgIpc) is 2.08. The minimum Gasteiger partial charge on any atom is -0.370 e. The van der Waals surface area contributed by atoms with Crippen LogP contribution in [0.1, 0.15) is 18.4 Å². The maximum Gasteiger partial charge on any atom is 0.217 e. The summed E-state index contributed by atoms with van der Waals surface area (Å²) in [5.41, 5.74) is 6.10. The zero-order chi connectivity index (χ0) is 9.68. The predicted octanol–water partition coefficient (Wildman–Crippen LogP) is 2.15. The Morgan fingerprint density at radius 2 is 2.08 bits per heavy atom. The van der Waals surface area contributed by atoms with Crippen LogP contribution in [0.2, 0.25) is 5.02 Å². The van der Waals surface area contributed by atoms with Crippen LogP contribution >= 0.6 is 11.6 Å². The first-order chi connectivity index (χ1) is 6.20. The van der Waals surface area contributed by atoms with E-state index in [0.717, 1.165) is 23.4 Å². The van der Waals surface area contributed by atoms with E-state index >= 15 is 0 Å². The van der Waals surface area contributed by atoms with Crippen molar-refractivity contribution >= 4 is 17.5 Å². The maximum absolute atomic E-state index is 10.5. The summed E-state index contributed by atoms with van der Waals surface area (Å²) in [5.74, 6) is -0.257. The van der Waals surface area contributed by atoms with E-state index in [9.17, 15) is 4.79 Å². The molecular weight excluding hydrogens is 186 g/mol. The highest BCUT2D eigenvalue weighted by molar-refractivity contribution is 6.31. The number of amides is 1. The second kappa shape index (κ2) is 4.87. The largest absolute Gasteiger partial charge is 0.370 e. The molecule has 1 aromatic rings. The molecule has 0 atom stereocenters. The van der Waals surface area contributed by atoms with Crippen LogP contribution in [-0.2, 0) is 11.2 Å². The minimum atomic E-state index is -0.257. The molecule has 0 aromatic heterocycles. The third-order valence-electron chi connectivity index (χ3n) is 1.83. The van der Waals surface area contributed by atoms with Gasteiger partial charge < -0.3 is 5.73 Å². The van der Waals surface area contributed by atoms with Crippen LogP contribution in [0.4, 0.5) is 0 Å². The topological polar surface area (TPSA) is 43.1 Å². The van der Waals surface area contributed by atoms with Crippen molar-refractivity contribution in [3.05, 3.63) is 34.9 Å². The second-order valence-electron chi connectivity index (χ2n) is 2.91. The summed E-state index contributed by atoms with van der Waals surface area (Å²) in [4.78, 5) is 10.5. The number of hydrogen-bond acceptors (Lipinski definition) is 1. The van der Waals surface area contributed by atoms with Crippen LogP contribution in [0.15, 0.2) is 24.3 Å². The smallest absolute Gasteiger partial charge is 0.217 e. The lowest BCUT2D eigenvalue weighted by Crippen LogP contribution is -2.10. The number of hydrogen-bond donors (Lipinski definition) is 1. The van der Waals surface area contributed by atoms with Crippen molar-refractivity contribution in [3.63, 3.8) is 0 Å². The van der Waals surface area contributed by atoms with Crippen molar-refractivity contribution in [2.75, 3.05) is 0 Å². The van der Waals surface area contributed by atoms with Crippen LogP contribution in [0.3, 0.4) is 0 Å². The summed E-state index contributed by atoms with van der Waals surface area (Å²) in [7, 11) is 0. The predicted molar refractivity (Wildman–Crippen MR) is 53.6 cm³/mol. The Labute approximate surface area is 82.7 Å². The van der Waals surface area contributed by atoms with Crippen molar-refractivity contribution < 1.29 is 4.79 Å². The zero-order valence-corrected chi connectivity index (χ0v) is 8.05. The number of aryl methyl sites for hydroxylation is 1. The number of nitrogens with two attached hydrogens (primary N) is 1. The molecule has 0 aliphatic carbocycles. The Hall–Kier alpha value is -1.02. The SMILES string of the molecule is NC(=O)CCCc1ccccc1Cl. The Kier molecular flexibility index (Phi) is 3.77. The lowest BCUT2D eigenvalue weighted by atomic mass is 10.1. The van der Waals surface area contributed by atoms with Crippen molar-refractivity contribution in [2.45, 2.75) is 19.3 Å². The highest BCUT2D eigenvalue weighted by atomic mass is 35.5. The van der Waals surface area contributed by atoms with Gasteiger partial charge in [0.25, 0.3) is 0 Å². The molecule has 0 saturated carbocycles. The highest BCUT2D eigenvalue weighted by Gasteiger charge is 1.99. The van der Waals surface area contributed by atoms with Crippen LogP contribution in [0.25, 0.3) is 0 Å². The lowest BCUT2D eigenvalue weighted by molar-refractivity contribution is -0.118. The van der Waals surface area contributed by atoms with E-state index < -0.39 is 0 Å². The van der Waals surface area contributed by atoms with Crippen LogP contribution in [0, 0.1) is 0 Å². The molecule has 0 radical (unpaired) electrons. The summed E-state index contributed by atoms with van der Waals surface area (Å²) in [5, 5.41) is 0.756. The van der Waals surface area contributed by atoms with E-state index in [0.29, 0.717) is 6.42 Å². The van der Waals surface area contributed by atoms with E-state index in [-0.39, 0.29) is 5.91 Å². The van der Waals surface area contributed by atoms with Gasteiger partial charge in [-0.15, -0.1) is 0 Å². The Bertz CT molecular complexity index is 299. The van der Waals surface area contributed by atoms with Crippen LogP contribution in [-0.4, -0.2) is 5.91 Å². The van der Waals surface area contributed by atoms with Gasteiger partial charge in [-0.25, -0.2) is 0 Å². The van der Waals surface area contributed by atoms with Gasteiger partial charge in [-0.3, -0.25) is 4.79 Å². The van der Waals surface area contributed by atoms with Gasteiger partial charge >= 0.3 is 0 Å². The quantitative estimate of drug-likeness (QED) is 0.790. The molecule has 1 amide bonds. The molecular formula is C10H12ClNO. The molecule has 3 heteroatoms. The van der Waals surface area contributed by atoms with E-state index in [1.807, 2.05) is 24.3 Å². The number of primary amides is 1. The number of carbonyl (C=O) groups excluding carboxylic acids is 1. The molecule has 13 heavy (non-hydrogen) atoms. The summed E-state index contributed by atoms with van der Waals surface area (Å²) >= 11 is 5.92. The number of benzene rings is 1. The van der Waals surface area contributed by atoms with Gasteiger partial charge in [0.15, 0.2) is 0 Å². The van der Waals surface area contributed by atoms with Gasteiger partial charge in [-0.05, 0) is 24.5 Å². The molecule has 0 aliphatic heterocycles. The highest BCUT2D eigenvalue weighted by Crippen LogP contribution is 2.16. The first kappa shape index (κ1) is 10.1. The van der Waals surface area contributed by atoms with Crippen LogP contribution < -0.4 is 5.73 Å². The van der Waals surface area contributed by atoms with Crippen molar-refractivity contribution in [1.29, 1.82) is 0 Å². The normalized spacial score (nSPS) is 9.92. The van der Waals surface area contributed by atoms with E-state index in [4.69, 9.17) is 17.3 Å². The maximum atomic E-state index is 10.5. The van der Waals surface area contributed by atoms with Gasteiger partial charge in [0, 0.05) is 11.4 Å². The Morgan fingerprint density at radius 1 is 1.38 bits per heavy atom. The third kappa shape index (κ3) is 3.47. The molecule has 0 fully saturated rings. The van der Waals surface area contributed by atoms with Gasteiger partial charge in [0.05, 0.1) is 0 Å². The number of carbonyl (C=O) groups is 1. The Morgan fingerprint density at radius 3 is 2.69 bits per heavy atom. The van der Waals surface area contributed by atoms with E-state index in [1.54, 1.807) is 0 Å². The van der Waals surface area contributed by atoms with Gasteiger partial charge in [0.2, 0.25) is 5.91 Å². The van der Waals surface area contributed by atoms with Crippen LogP contribution in [0.5, 0.6) is 0 Å². The van der Waals surface area contributed by atoms with Gasteiger partial charge in [-0.2, -0.15) is 0 Å². The number of rotatable bonds is 4. The summed E-state index contributed by atoms with van der Waals surface area (Å²) < 4.78 is 0. The summed E-state index contributed by atoms with van der Waals surface area (Å²) in [6, 6.07) is 7.63. The molecule has 0 unspecified atom stereocenters. The van der Waals surface area contributed by atoms with E-state index in [2.05, 4.69) is 0 Å². The van der Waals surface area contributed by atoms with Gasteiger partial charge in [-0.1, -0.05) is 29.8 Å². The first-order valence-electron chi connectivity index (χ1n) is 4.22. The molecule has 1 aromatic carbocycles. The fourth-order valence-electron chi connectivity index (χ4n) is 1.15. The first-order valence-corrected chi connectivity index (χ1v) is 4.59. The average molecular weight is 198 g/mol. The molecule has 0 spiro atoms. The standard InChI is InChI=1S/C10H12ClNO/c11-9-6-2-1-4-8(9)5-3-7-10(12)13/h1-2,4,6H,3,5,7H2,(H2,12,13). The third-order valence-corrected chi connectivity index (χ3v) is 2.20. The molecule has 0 aliphatic rings. The Balaban J connectivity index is 2.45. The zero-order valence-electron chi connectivity index (χ0n) is 7.29. The number of halogens is 1.